The van der Waals surface area contributed by atoms with E-state index in [9.17, 15) is 0 Å². The molecule has 0 aliphatic heterocycles. The number of azo groups is 2. The normalized spacial score (nSPS) is 11.7. The van der Waals surface area contributed by atoms with Gasteiger partial charge in [-0.1, -0.05) is 37.6 Å². The van der Waals surface area contributed by atoms with Crippen LogP contribution in [0.5, 0.6) is 0 Å². The van der Waals surface area contributed by atoms with Crippen LogP contribution in [-0.4, -0.2) is 19.3 Å². The smallest absolute Gasteiger partial charge is 0.0887 e. The number of aliphatic imine (C=N–C) groups is 1. The molecule has 204 valence electrons. The van der Waals surface area contributed by atoms with Crippen LogP contribution in [0.25, 0.3) is 0 Å². The van der Waals surface area contributed by atoms with Gasteiger partial charge in [0.2, 0.25) is 0 Å². The third-order valence-electron chi connectivity index (χ3n) is 6.72. The van der Waals surface area contributed by atoms with Crippen molar-refractivity contribution < 1.29 is 0 Å². The Morgan fingerprint density at radius 1 is 0.625 bits per heavy atom. The number of benzene rings is 4. The molecule has 0 heterocycles. The highest BCUT2D eigenvalue weighted by molar-refractivity contribution is 5.82. The van der Waals surface area contributed by atoms with Gasteiger partial charge in [0.25, 0.3) is 0 Å². The Morgan fingerprint density at radius 3 is 1.75 bits per heavy atom. The highest BCUT2D eigenvalue weighted by Gasteiger charge is 2.02. The SMILES string of the molecule is CCCCc1ccc(N=Nc2ccc(/N=C/c3ccc(N=Nc4ccc(N(CC)CC)cc4)cc3)cc2C)cc1. The van der Waals surface area contributed by atoms with Gasteiger partial charge in [0.15, 0.2) is 0 Å². The van der Waals surface area contributed by atoms with Crippen molar-refractivity contribution in [2.24, 2.45) is 25.4 Å². The standard InChI is InChI=1S/C34H38N6/c1-5-8-9-27-10-14-30(15-11-27)38-39-34-23-20-32(24-26(34)4)35-25-28-12-16-29(17-13-28)36-37-31-18-21-33(22-19-31)40(6-2)7-3/h10-25H,5-9H2,1-4H3/b35-25+,37-36?,39-38?. The fraction of sp³-hybridized carbons (Fsp3) is 0.265. The Bertz CT molecular complexity index is 1430. The zero-order valence-corrected chi connectivity index (χ0v) is 24.0. The zero-order chi connectivity index (χ0) is 28.2. The van der Waals surface area contributed by atoms with E-state index in [2.05, 4.69) is 75.4 Å². The molecule has 6 nitrogen and oxygen atoms in total. The minimum absolute atomic E-state index is 0.797. The van der Waals surface area contributed by atoms with Crippen LogP contribution in [0.15, 0.2) is 116 Å². The Kier molecular flexibility index (Phi) is 10.4. The second kappa shape index (κ2) is 14.6. The van der Waals surface area contributed by atoms with Crippen molar-refractivity contribution >= 4 is 40.3 Å². The van der Waals surface area contributed by atoms with Crippen molar-refractivity contribution in [3.8, 4) is 0 Å². The van der Waals surface area contributed by atoms with Crippen molar-refractivity contribution in [1.82, 2.24) is 0 Å². The first-order chi connectivity index (χ1) is 19.6. The number of unbranched alkanes of at least 4 members (excludes halogenated alkanes) is 1. The van der Waals surface area contributed by atoms with Crippen LogP contribution >= 0.6 is 0 Å². The van der Waals surface area contributed by atoms with E-state index in [-0.39, 0.29) is 0 Å². The van der Waals surface area contributed by atoms with Gasteiger partial charge in [-0.3, -0.25) is 4.99 Å². The molecule has 0 fully saturated rings. The summed E-state index contributed by atoms with van der Waals surface area (Å²) in [6, 6.07) is 30.3. The molecule has 6 heteroatoms. The van der Waals surface area contributed by atoms with Gasteiger partial charge in [-0.2, -0.15) is 20.5 Å². The van der Waals surface area contributed by atoms with Crippen LogP contribution in [-0.2, 0) is 6.42 Å². The van der Waals surface area contributed by atoms with Crippen molar-refractivity contribution in [2.45, 2.75) is 47.0 Å². The maximum Gasteiger partial charge on any atom is 0.0887 e. The average Bonchev–Trinajstić information content (AvgIpc) is 3.00. The maximum atomic E-state index is 4.64. The van der Waals surface area contributed by atoms with E-state index in [0.29, 0.717) is 0 Å². The fourth-order valence-electron chi connectivity index (χ4n) is 4.26. The van der Waals surface area contributed by atoms with E-state index < -0.39 is 0 Å². The van der Waals surface area contributed by atoms with E-state index in [0.717, 1.165) is 59.1 Å². The molecule has 0 saturated heterocycles. The van der Waals surface area contributed by atoms with Crippen molar-refractivity contribution in [1.29, 1.82) is 0 Å². The van der Waals surface area contributed by atoms with Gasteiger partial charge in [0, 0.05) is 25.0 Å². The summed E-state index contributed by atoms with van der Waals surface area (Å²) < 4.78 is 0. The van der Waals surface area contributed by atoms with E-state index >= 15 is 0 Å². The molecule has 0 saturated carbocycles. The van der Waals surface area contributed by atoms with Crippen LogP contribution in [0.3, 0.4) is 0 Å². The zero-order valence-electron chi connectivity index (χ0n) is 24.0. The summed E-state index contributed by atoms with van der Waals surface area (Å²) >= 11 is 0. The molecule has 0 aliphatic carbocycles. The van der Waals surface area contributed by atoms with Gasteiger partial charge in [-0.05, 0) is 117 Å². The molecular formula is C34H38N6. The van der Waals surface area contributed by atoms with Crippen LogP contribution in [0.1, 0.15) is 50.3 Å². The third-order valence-corrected chi connectivity index (χ3v) is 6.72. The number of anilines is 1. The molecular weight excluding hydrogens is 492 g/mol. The molecule has 0 aromatic heterocycles. The summed E-state index contributed by atoms with van der Waals surface area (Å²) in [6.45, 7) is 10.5. The summed E-state index contributed by atoms with van der Waals surface area (Å²) in [4.78, 5) is 6.94. The van der Waals surface area contributed by atoms with E-state index in [1.54, 1.807) is 0 Å². The van der Waals surface area contributed by atoms with Crippen LogP contribution in [0.2, 0.25) is 0 Å². The molecule has 0 radical (unpaired) electrons. The summed E-state index contributed by atoms with van der Waals surface area (Å²) in [5.74, 6) is 0. The molecule has 0 spiro atoms. The van der Waals surface area contributed by atoms with Gasteiger partial charge in [0.05, 0.1) is 28.4 Å². The molecule has 0 amide bonds. The first-order valence-corrected chi connectivity index (χ1v) is 14.1. The minimum atomic E-state index is 0.797. The second-order valence-corrected chi connectivity index (χ2v) is 9.68. The summed E-state index contributed by atoms with van der Waals surface area (Å²) in [5.41, 5.74) is 8.76. The number of rotatable bonds is 12. The van der Waals surface area contributed by atoms with Gasteiger partial charge >= 0.3 is 0 Å². The predicted molar refractivity (Wildman–Crippen MR) is 168 cm³/mol. The van der Waals surface area contributed by atoms with Gasteiger partial charge in [-0.25, -0.2) is 0 Å². The summed E-state index contributed by atoms with van der Waals surface area (Å²) in [5, 5.41) is 17.6. The molecule has 0 atom stereocenters. The van der Waals surface area contributed by atoms with Crippen molar-refractivity contribution in [2.75, 3.05) is 18.0 Å². The first-order valence-electron chi connectivity index (χ1n) is 14.1. The molecule has 4 aromatic rings. The third kappa shape index (κ3) is 8.27. The Balaban J connectivity index is 1.33. The molecule has 0 bridgehead atoms. The van der Waals surface area contributed by atoms with Gasteiger partial charge in [0.1, 0.15) is 0 Å². The lowest BCUT2D eigenvalue weighted by Gasteiger charge is -2.20. The molecule has 0 N–H and O–H groups in total. The number of nitrogens with zero attached hydrogens (tertiary/aromatic N) is 6. The highest BCUT2D eigenvalue weighted by Crippen LogP contribution is 2.27. The van der Waals surface area contributed by atoms with E-state index in [1.807, 2.05) is 79.9 Å². The Labute approximate surface area is 238 Å². The van der Waals surface area contributed by atoms with Crippen molar-refractivity contribution in [3.63, 3.8) is 0 Å². The van der Waals surface area contributed by atoms with Crippen molar-refractivity contribution in [3.05, 3.63) is 108 Å². The quantitative estimate of drug-likeness (QED) is 0.133. The largest absolute Gasteiger partial charge is 0.372 e. The molecule has 40 heavy (non-hydrogen) atoms. The Hall–Kier alpha value is -4.45. The first kappa shape index (κ1) is 28.6. The van der Waals surface area contributed by atoms with E-state index in [4.69, 9.17) is 0 Å². The number of hydrogen-bond donors (Lipinski definition) is 0. The molecule has 0 aliphatic rings. The molecule has 0 unspecified atom stereocenters. The topological polar surface area (TPSA) is 65.0 Å². The van der Waals surface area contributed by atoms with Crippen LogP contribution in [0.4, 0.5) is 34.1 Å². The fourth-order valence-corrected chi connectivity index (χ4v) is 4.26. The average molecular weight is 531 g/mol. The van der Waals surface area contributed by atoms with Gasteiger partial charge < -0.3 is 4.90 Å². The van der Waals surface area contributed by atoms with E-state index in [1.165, 1.54) is 24.1 Å². The number of hydrogen-bond acceptors (Lipinski definition) is 6. The van der Waals surface area contributed by atoms with Crippen LogP contribution < -0.4 is 4.90 Å². The maximum absolute atomic E-state index is 4.64. The molecule has 4 aromatic carbocycles. The Morgan fingerprint density at radius 2 is 1.18 bits per heavy atom. The second-order valence-electron chi connectivity index (χ2n) is 9.68. The monoisotopic (exact) mass is 530 g/mol. The minimum Gasteiger partial charge on any atom is -0.372 e. The highest BCUT2D eigenvalue weighted by atomic mass is 15.1. The summed E-state index contributed by atoms with van der Waals surface area (Å²) in [6.07, 6.45) is 5.37. The number of aryl methyl sites for hydroxylation is 2. The predicted octanol–water partition coefficient (Wildman–Crippen LogP) is 10.8. The lowest BCUT2D eigenvalue weighted by molar-refractivity contribution is 0.795. The lowest BCUT2D eigenvalue weighted by atomic mass is 10.1. The summed E-state index contributed by atoms with van der Waals surface area (Å²) in [7, 11) is 0. The lowest BCUT2D eigenvalue weighted by Crippen LogP contribution is -2.21. The molecule has 4 rings (SSSR count). The van der Waals surface area contributed by atoms with Crippen LogP contribution in [0, 0.1) is 6.92 Å². The van der Waals surface area contributed by atoms with Gasteiger partial charge in [-0.15, -0.1) is 0 Å².